The Kier molecular flexibility index (Phi) is 4.13. The number of anilines is 1. The molecule has 0 spiro atoms. The van der Waals surface area contributed by atoms with Crippen molar-refractivity contribution in [1.82, 2.24) is 9.78 Å². The van der Waals surface area contributed by atoms with Crippen LogP contribution in [0.2, 0.25) is 0 Å². The van der Waals surface area contributed by atoms with Crippen LogP contribution in [0.5, 0.6) is 0 Å². The van der Waals surface area contributed by atoms with E-state index in [1.54, 1.807) is 6.07 Å². The van der Waals surface area contributed by atoms with Crippen molar-refractivity contribution >= 4 is 11.6 Å². The average molecular weight is 291 g/mol. The molecule has 0 aliphatic rings. The van der Waals surface area contributed by atoms with Crippen LogP contribution in [0.3, 0.4) is 0 Å². The summed E-state index contributed by atoms with van der Waals surface area (Å²) in [5.74, 6) is -2.15. The first kappa shape index (κ1) is 14.5. The summed E-state index contributed by atoms with van der Waals surface area (Å²) >= 11 is 0. The van der Waals surface area contributed by atoms with Crippen molar-refractivity contribution in [1.29, 1.82) is 5.26 Å². The zero-order valence-corrected chi connectivity index (χ0v) is 10.8. The lowest BCUT2D eigenvalue weighted by Crippen LogP contribution is -2.18. The van der Waals surface area contributed by atoms with Crippen molar-refractivity contribution in [2.45, 2.75) is 13.1 Å². The van der Waals surface area contributed by atoms with E-state index in [1.807, 2.05) is 0 Å². The fourth-order valence-corrected chi connectivity index (χ4v) is 1.73. The van der Waals surface area contributed by atoms with Crippen molar-refractivity contribution in [3.63, 3.8) is 0 Å². The molecule has 0 saturated heterocycles. The number of halogens is 2. The number of rotatable bonds is 5. The highest BCUT2D eigenvalue weighted by molar-refractivity contribution is 5.73. The minimum atomic E-state index is -0.802. The first-order valence-corrected chi connectivity index (χ1v) is 5.92. The van der Waals surface area contributed by atoms with Gasteiger partial charge in [0.25, 0.3) is 0 Å². The van der Waals surface area contributed by atoms with Crippen LogP contribution in [-0.2, 0) is 17.9 Å². The molecule has 108 valence electrons. The largest absolute Gasteiger partial charge is 0.378 e. The summed E-state index contributed by atoms with van der Waals surface area (Å²) in [6.45, 7) is -0.201. The molecule has 0 fully saturated rings. The second-order valence-electron chi connectivity index (χ2n) is 4.28. The van der Waals surface area contributed by atoms with Crippen LogP contribution >= 0.6 is 0 Å². The number of carbonyl (C=O) groups excluding carboxylic acids is 1. The Morgan fingerprint density at radius 1 is 1.43 bits per heavy atom. The Morgan fingerprint density at radius 3 is 2.67 bits per heavy atom. The Hall–Kier alpha value is -2.95. The van der Waals surface area contributed by atoms with E-state index in [9.17, 15) is 13.6 Å². The number of nitrogens with zero attached hydrogens (tertiary/aromatic N) is 3. The Morgan fingerprint density at radius 2 is 2.10 bits per heavy atom. The molecule has 1 aromatic heterocycles. The fourth-order valence-electron chi connectivity index (χ4n) is 1.73. The standard InChI is InChI=1S/C13H11F2N5O/c14-11-1-8(3-16)2-12(15)10(11)5-18-9-4-19-20(6-9)7-13(17)21/h1-2,4,6,18H,5,7H2,(H2,17,21). The molecule has 1 heterocycles. The molecule has 0 saturated carbocycles. The molecule has 8 heteroatoms. The number of nitrogens with two attached hydrogens (primary N) is 1. The first-order valence-electron chi connectivity index (χ1n) is 5.92. The van der Waals surface area contributed by atoms with Crippen molar-refractivity contribution in [3.8, 4) is 6.07 Å². The second-order valence-corrected chi connectivity index (χ2v) is 4.28. The number of carbonyl (C=O) groups is 1. The van der Waals surface area contributed by atoms with Gasteiger partial charge in [-0.15, -0.1) is 0 Å². The molecule has 0 aliphatic heterocycles. The molecule has 6 nitrogen and oxygen atoms in total. The Labute approximate surface area is 118 Å². The van der Waals surface area contributed by atoms with Crippen molar-refractivity contribution < 1.29 is 13.6 Å². The van der Waals surface area contributed by atoms with Crippen LogP contribution in [0.1, 0.15) is 11.1 Å². The number of hydrogen-bond donors (Lipinski definition) is 2. The van der Waals surface area contributed by atoms with E-state index in [1.165, 1.54) is 17.1 Å². The lowest BCUT2D eigenvalue weighted by molar-refractivity contribution is -0.118. The maximum Gasteiger partial charge on any atom is 0.239 e. The minimum absolute atomic E-state index is 0.0805. The lowest BCUT2D eigenvalue weighted by Gasteiger charge is -2.07. The number of nitrogens with one attached hydrogen (secondary N) is 1. The number of hydrogen-bond acceptors (Lipinski definition) is 4. The topological polar surface area (TPSA) is 96.7 Å². The summed E-state index contributed by atoms with van der Waals surface area (Å²) in [4.78, 5) is 10.7. The van der Waals surface area contributed by atoms with Crippen LogP contribution < -0.4 is 11.1 Å². The summed E-state index contributed by atoms with van der Waals surface area (Å²) in [5.41, 5.74) is 5.24. The predicted octanol–water partition coefficient (Wildman–Crippen LogP) is 1.13. The molecule has 2 rings (SSSR count). The summed E-state index contributed by atoms with van der Waals surface area (Å²) in [7, 11) is 0. The summed E-state index contributed by atoms with van der Waals surface area (Å²) < 4.78 is 28.6. The van der Waals surface area contributed by atoms with E-state index in [4.69, 9.17) is 11.0 Å². The molecule has 0 radical (unpaired) electrons. The molecule has 0 unspecified atom stereocenters. The van der Waals surface area contributed by atoms with Gasteiger partial charge in [-0.1, -0.05) is 0 Å². The van der Waals surface area contributed by atoms with Gasteiger partial charge in [0.15, 0.2) is 0 Å². The van der Waals surface area contributed by atoms with Crippen LogP contribution in [0.4, 0.5) is 14.5 Å². The second kappa shape index (κ2) is 6.00. The molecule has 1 amide bonds. The summed E-state index contributed by atoms with van der Waals surface area (Å²) in [6, 6.07) is 3.61. The van der Waals surface area contributed by atoms with Crippen LogP contribution in [0.25, 0.3) is 0 Å². The molecule has 0 bridgehead atoms. The van der Waals surface area contributed by atoms with Gasteiger partial charge in [-0.25, -0.2) is 8.78 Å². The SMILES string of the molecule is N#Cc1cc(F)c(CNc2cnn(CC(N)=O)c2)c(F)c1. The van der Waals surface area contributed by atoms with Gasteiger partial charge in [-0.2, -0.15) is 10.4 Å². The number of amides is 1. The third-order valence-corrected chi connectivity index (χ3v) is 2.69. The number of benzene rings is 1. The van der Waals surface area contributed by atoms with Gasteiger partial charge in [0.05, 0.1) is 23.5 Å². The van der Waals surface area contributed by atoms with E-state index < -0.39 is 17.5 Å². The van der Waals surface area contributed by atoms with E-state index in [-0.39, 0.29) is 24.2 Å². The smallest absolute Gasteiger partial charge is 0.239 e. The summed E-state index contributed by atoms with van der Waals surface area (Å²) in [6.07, 6.45) is 2.90. The van der Waals surface area contributed by atoms with Crippen molar-refractivity contribution in [2.75, 3.05) is 5.32 Å². The van der Waals surface area contributed by atoms with Crippen molar-refractivity contribution in [3.05, 3.63) is 47.3 Å². The predicted molar refractivity (Wildman–Crippen MR) is 69.8 cm³/mol. The lowest BCUT2D eigenvalue weighted by atomic mass is 10.1. The minimum Gasteiger partial charge on any atom is -0.378 e. The Balaban J connectivity index is 2.08. The molecule has 0 atom stereocenters. The quantitative estimate of drug-likeness (QED) is 0.863. The molecule has 1 aromatic carbocycles. The van der Waals surface area contributed by atoms with Gasteiger partial charge in [0.2, 0.25) is 5.91 Å². The highest BCUT2D eigenvalue weighted by Crippen LogP contribution is 2.17. The van der Waals surface area contributed by atoms with E-state index >= 15 is 0 Å². The normalized spacial score (nSPS) is 10.1. The fraction of sp³-hybridized carbons (Fsp3) is 0.154. The van der Waals surface area contributed by atoms with E-state index in [0.29, 0.717) is 5.69 Å². The molecule has 3 N–H and O–H groups in total. The molecule has 2 aromatic rings. The summed E-state index contributed by atoms with van der Waals surface area (Å²) in [5, 5.41) is 15.3. The van der Waals surface area contributed by atoms with Gasteiger partial charge >= 0.3 is 0 Å². The van der Waals surface area contributed by atoms with Gasteiger partial charge in [0.1, 0.15) is 18.2 Å². The molecular weight excluding hydrogens is 280 g/mol. The van der Waals surface area contributed by atoms with Crippen LogP contribution in [0.15, 0.2) is 24.5 Å². The first-order chi connectivity index (χ1) is 9.99. The zero-order chi connectivity index (χ0) is 15.4. The Bertz CT molecular complexity index is 697. The molecular formula is C13H11F2N5O. The third kappa shape index (κ3) is 3.54. The third-order valence-electron chi connectivity index (χ3n) is 2.69. The highest BCUT2D eigenvalue weighted by atomic mass is 19.1. The number of primary amides is 1. The maximum absolute atomic E-state index is 13.7. The maximum atomic E-state index is 13.7. The molecule has 0 aliphatic carbocycles. The van der Waals surface area contributed by atoms with Crippen LogP contribution in [-0.4, -0.2) is 15.7 Å². The van der Waals surface area contributed by atoms with E-state index in [0.717, 1.165) is 12.1 Å². The van der Waals surface area contributed by atoms with Gasteiger partial charge < -0.3 is 11.1 Å². The van der Waals surface area contributed by atoms with Crippen LogP contribution in [0, 0.1) is 23.0 Å². The van der Waals surface area contributed by atoms with Gasteiger partial charge in [0, 0.05) is 18.3 Å². The average Bonchev–Trinajstić information content (AvgIpc) is 2.84. The number of nitriles is 1. The zero-order valence-electron chi connectivity index (χ0n) is 10.8. The highest BCUT2D eigenvalue weighted by Gasteiger charge is 2.11. The van der Waals surface area contributed by atoms with E-state index in [2.05, 4.69) is 10.4 Å². The molecule has 21 heavy (non-hydrogen) atoms. The monoisotopic (exact) mass is 291 g/mol. The van der Waals surface area contributed by atoms with Gasteiger partial charge in [-0.3, -0.25) is 9.48 Å². The number of aromatic nitrogens is 2. The van der Waals surface area contributed by atoms with Gasteiger partial charge in [-0.05, 0) is 12.1 Å². The van der Waals surface area contributed by atoms with Crippen molar-refractivity contribution in [2.24, 2.45) is 5.73 Å².